The van der Waals surface area contributed by atoms with Crippen LogP contribution in [-0.2, 0) is 6.42 Å². The lowest BCUT2D eigenvalue weighted by Gasteiger charge is -2.33. The quantitative estimate of drug-likeness (QED) is 0.891. The predicted molar refractivity (Wildman–Crippen MR) is 104 cm³/mol. The molecule has 1 aromatic heterocycles. The lowest BCUT2D eigenvalue weighted by molar-refractivity contribution is 0.0759. The van der Waals surface area contributed by atoms with Gasteiger partial charge < -0.3 is 10.2 Å². The first kappa shape index (κ1) is 18.4. The Morgan fingerprint density at radius 2 is 2.12 bits per heavy atom. The number of amides is 1. The third kappa shape index (κ3) is 4.05. The molecule has 1 amide bonds. The molecule has 2 aliphatic heterocycles. The van der Waals surface area contributed by atoms with E-state index in [4.69, 9.17) is 0 Å². The van der Waals surface area contributed by atoms with E-state index in [0.717, 1.165) is 44.0 Å². The summed E-state index contributed by atoms with van der Waals surface area (Å²) in [6.07, 6.45) is 4.37. The van der Waals surface area contributed by atoms with Crippen LogP contribution in [0, 0.1) is 5.41 Å². The highest BCUT2D eigenvalue weighted by Crippen LogP contribution is 2.37. The number of thiazole rings is 1. The number of carbonyl (C=O) groups is 1. The van der Waals surface area contributed by atoms with Gasteiger partial charge in [-0.3, -0.25) is 4.79 Å². The van der Waals surface area contributed by atoms with Gasteiger partial charge in [0, 0.05) is 36.9 Å². The van der Waals surface area contributed by atoms with Gasteiger partial charge >= 0.3 is 0 Å². The maximum absolute atomic E-state index is 12.8. The molecule has 4 nitrogen and oxygen atoms in total. The molecule has 1 aromatic carbocycles. The van der Waals surface area contributed by atoms with Gasteiger partial charge in [-0.25, -0.2) is 4.98 Å². The molecule has 2 saturated heterocycles. The second-order valence-electron chi connectivity index (χ2n) is 7.05. The zero-order chi connectivity index (χ0) is 16.4. The molecule has 2 aliphatic rings. The van der Waals surface area contributed by atoms with Crippen LogP contribution in [0.5, 0.6) is 0 Å². The van der Waals surface area contributed by atoms with Gasteiger partial charge in [0.15, 0.2) is 0 Å². The Balaban J connectivity index is 0.00000182. The van der Waals surface area contributed by atoms with E-state index in [1.807, 2.05) is 28.5 Å². The molecule has 134 valence electrons. The number of halogens is 1. The van der Waals surface area contributed by atoms with E-state index in [1.54, 1.807) is 11.3 Å². The number of likely N-dealkylation sites (tertiary alicyclic amines) is 1. The molecule has 3 heterocycles. The molecule has 1 spiro atoms. The van der Waals surface area contributed by atoms with Crippen molar-refractivity contribution in [3.8, 4) is 0 Å². The number of nitrogens with one attached hydrogen (secondary N) is 1. The van der Waals surface area contributed by atoms with Crippen molar-refractivity contribution in [1.82, 2.24) is 15.2 Å². The van der Waals surface area contributed by atoms with E-state index in [-0.39, 0.29) is 18.3 Å². The van der Waals surface area contributed by atoms with Crippen LogP contribution in [-0.4, -0.2) is 42.0 Å². The topological polar surface area (TPSA) is 45.2 Å². The number of piperidine rings is 1. The summed E-state index contributed by atoms with van der Waals surface area (Å²) in [5.74, 6) is 0.105. The molecule has 4 rings (SSSR count). The average molecular weight is 378 g/mol. The number of benzene rings is 1. The third-order valence-electron chi connectivity index (χ3n) is 5.26. The first-order valence-electron chi connectivity index (χ1n) is 8.73. The summed E-state index contributed by atoms with van der Waals surface area (Å²) < 4.78 is 0. The molecule has 1 unspecified atom stereocenters. The third-order valence-corrected chi connectivity index (χ3v) is 6.10. The number of hydrogen-bond donors (Lipinski definition) is 1. The number of hydrogen-bond acceptors (Lipinski definition) is 4. The van der Waals surface area contributed by atoms with Crippen molar-refractivity contribution in [3.63, 3.8) is 0 Å². The first-order chi connectivity index (χ1) is 11.7. The van der Waals surface area contributed by atoms with Gasteiger partial charge in [0.05, 0.1) is 5.01 Å². The van der Waals surface area contributed by atoms with E-state index in [9.17, 15) is 4.79 Å². The minimum Gasteiger partial charge on any atom is -0.337 e. The van der Waals surface area contributed by atoms with Gasteiger partial charge in [-0.2, -0.15) is 0 Å². The lowest BCUT2D eigenvalue weighted by atomic mass is 9.80. The summed E-state index contributed by atoms with van der Waals surface area (Å²) in [5, 5.41) is 6.43. The van der Waals surface area contributed by atoms with Gasteiger partial charge in [0.1, 0.15) is 5.69 Å². The van der Waals surface area contributed by atoms with Crippen LogP contribution in [0.1, 0.15) is 40.3 Å². The zero-order valence-corrected chi connectivity index (χ0v) is 15.9. The highest BCUT2D eigenvalue weighted by molar-refractivity contribution is 7.09. The molecule has 0 aliphatic carbocycles. The minimum absolute atomic E-state index is 0. The second kappa shape index (κ2) is 7.85. The highest BCUT2D eigenvalue weighted by Gasteiger charge is 2.41. The summed E-state index contributed by atoms with van der Waals surface area (Å²) in [4.78, 5) is 19.4. The second-order valence-corrected chi connectivity index (χ2v) is 7.99. The summed E-state index contributed by atoms with van der Waals surface area (Å²) >= 11 is 1.59. The Bertz CT molecular complexity index is 712. The van der Waals surface area contributed by atoms with E-state index < -0.39 is 0 Å². The number of carbonyl (C=O) groups excluding carboxylic acids is 1. The molecule has 1 atom stereocenters. The molecule has 0 saturated carbocycles. The fraction of sp³-hybridized carbons (Fsp3) is 0.474. The van der Waals surface area contributed by atoms with Crippen LogP contribution in [0.3, 0.4) is 0 Å². The van der Waals surface area contributed by atoms with Crippen LogP contribution in [0.4, 0.5) is 0 Å². The number of rotatable bonds is 3. The van der Waals surface area contributed by atoms with E-state index in [2.05, 4.69) is 22.4 Å². The summed E-state index contributed by atoms with van der Waals surface area (Å²) in [6.45, 7) is 3.91. The van der Waals surface area contributed by atoms with E-state index >= 15 is 0 Å². The molecule has 1 N–H and O–H groups in total. The van der Waals surface area contributed by atoms with Crippen LogP contribution in [0.2, 0.25) is 0 Å². The van der Waals surface area contributed by atoms with Crippen molar-refractivity contribution in [3.05, 3.63) is 52.0 Å². The summed E-state index contributed by atoms with van der Waals surface area (Å²) in [7, 11) is 0. The van der Waals surface area contributed by atoms with E-state index in [0.29, 0.717) is 11.1 Å². The molecule has 0 bridgehead atoms. The monoisotopic (exact) mass is 377 g/mol. The number of nitrogens with zero attached hydrogens (tertiary/aromatic N) is 2. The van der Waals surface area contributed by atoms with Crippen LogP contribution < -0.4 is 5.32 Å². The minimum atomic E-state index is 0. The SMILES string of the molecule is Cl.O=C(c1csc(Cc2ccccc2)n1)N1CCC2(CCCNC2)C1. The fourth-order valence-electron chi connectivity index (χ4n) is 3.91. The normalized spacial score (nSPS) is 22.8. The Morgan fingerprint density at radius 1 is 1.28 bits per heavy atom. The lowest BCUT2D eigenvalue weighted by Crippen LogP contribution is -2.42. The Labute approximate surface area is 159 Å². The predicted octanol–water partition coefficient (Wildman–Crippen LogP) is 3.37. The molecule has 2 aromatic rings. The molecule has 2 fully saturated rings. The summed E-state index contributed by atoms with van der Waals surface area (Å²) in [6, 6.07) is 10.3. The van der Waals surface area contributed by atoms with Crippen LogP contribution >= 0.6 is 23.7 Å². The van der Waals surface area contributed by atoms with Crippen molar-refractivity contribution >= 4 is 29.7 Å². The first-order valence-corrected chi connectivity index (χ1v) is 9.60. The molecule has 25 heavy (non-hydrogen) atoms. The van der Waals surface area contributed by atoms with Crippen LogP contribution in [0.25, 0.3) is 0 Å². The van der Waals surface area contributed by atoms with Crippen LogP contribution in [0.15, 0.2) is 35.7 Å². The smallest absolute Gasteiger partial charge is 0.273 e. The largest absolute Gasteiger partial charge is 0.337 e. The van der Waals surface area contributed by atoms with Gasteiger partial charge in [0.25, 0.3) is 5.91 Å². The Hall–Kier alpha value is -1.43. The average Bonchev–Trinajstić information content (AvgIpc) is 3.24. The highest BCUT2D eigenvalue weighted by atomic mass is 35.5. The molecule has 0 radical (unpaired) electrons. The van der Waals surface area contributed by atoms with Gasteiger partial charge in [-0.1, -0.05) is 30.3 Å². The summed E-state index contributed by atoms with van der Waals surface area (Å²) in [5.41, 5.74) is 2.16. The van der Waals surface area contributed by atoms with Crippen molar-refractivity contribution in [2.24, 2.45) is 5.41 Å². The fourth-order valence-corrected chi connectivity index (χ4v) is 4.71. The Morgan fingerprint density at radius 3 is 2.88 bits per heavy atom. The van der Waals surface area contributed by atoms with Crippen molar-refractivity contribution in [2.75, 3.05) is 26.2 Å². The van der Waals surface area contributed by atoms with Gasteiger partial charge in [0.2, 0.25) is 0 Å². The van der Waals surface area contributed by atoms with Crippen molar-refractivity contribution < 1.29 is 4.79 Å². The standard InChI is InChI=1S/C19H23N3OS.ClH/c23-18(22-10-8-19(14-22)7-4-9-20-13-19)16-12-24-17(21-16)11-15-5-2-1-3-6-15;/h1-3,5-6,12,20H,4,7-11,13-14H2;1H. The van der Waals surface area contributed by atoms with Gasteiger partial charge in [-0.05, 0) is 31.4 Å². The number of aromatic nitrogens is 1. The molecular formula is C19H24ClN3OS. The van der Waals surface area contributed by atoms with Crippen molar-refractivity contribution in [2.45, 2.75) is 25.7 Å². The van der Waals surface area contributed by atoms with Crippen molar-refractivity contribution in [1.29, 1.82) is 0 Å². The molecule has 6 heteroatoms. The molecular weight excluding hydrogens is 354 g/mol. The maximum Gasteiger partial charge on any atom is 0.273 e. The Kier molecular flexibility index (Phi) is 5.77. The van der Waals surface area contributed by atoms with E-state index in [1.165, 1.54) is 18.4 Å². The van der Waals surface area contributed by atoms with Gasteiger partial charge in [-0.15, -0.1) is 23.7 Å². The maximum atomic E-state index is 12.8. The zero-order valence-electron chi connectivity index (χ0n) is 14.2.